The molecule has 0 aliphatic heterocycles. The maximum absolute atomic E-state index is 9.26. The van der Waals surface area contributed by atoms with E-state index in [9.17, 15) is 5.26 Å². The van der Waals surface area contributed by atoms with Crippen molar-refractivity contribution < 1.29 is 0 Å². The maximum atomic E-state index is 9.26. The molecule has 1 aliphatic rings. The Hall–Kier alpha value is -0.160. The van der Waals surface area contributed by atoms with E-state index in [4.69, 9.17) is 0 Å². The average molecular weight is 253 g/mol. The van der Waals surface area contributed by atoms with Gasteiger partial charge in [0.15, 0.2) is 0 Å². The molecule has 1 aliphatic carbocycles. The van der Waals surface area contributed by atoms with Gasteiger partial charge in [0.05, 0.1) is 12.0 Å². The molecule has 0 aromatic rings. The normalized spacial score (nSPS) is 30.3. The zero-order valence-corrected chi connectivity index (χ0v) is 12.8. The van der Waals surface area contributed by atoms with E-state index < -0.39 is 0 Å². The molecule has 17 heavy (non-hydrogen) atoms. The lowest BCUT2D eigenvalue weighted by Crippen LogP contribution is -2.34. The summed E-state index contributed by atoms with van der Waals surface area (Å²) in [5.74, 6) is 1.08. The fourth-order valence-electron chi connectivity index (χ4n) is 2.78. The van der Waals surface area contributed by atoms with Gasteiger partial charge in [0, 0.05) is 5.25 Å². The van der Waals surface area contributed by atoms with Gasteiger partial charge in [-0.1, -0.05) is 41.0 Å². The highest BCUT2D eigenvalue weighted by Gasteiger charge is 2.37. The van der Waals surface area contributed by atoms with Gasteiger partial charge in [0.2, 0.25) is 0 Å². The second-order valence-electron chi connectivity index (χ2n) is 6.31. The second-order valence-corrected chi connectivity index (χ2v) is 8.13. The van der Waals surface area contributed by atoms with Crippen LogP contribution in [0.2, 0.25) is 0 Å². The SMILES string of the molecule is CCC(C)(C)C1CCC(C#N)C(SC(C)C)C1. The van der Waals surface area contributed by atoms with E-state index in [2.05, 4.69) is 40.7 Å². The van der Waals surface area contributed by atoms with Crippen LogP contribution in [0.5, 0.6) is 0 Å². The number of nitrogens with zero attached hydrogens (tertiary/aromatic N) is 1. The predicted octanol–water partition coefficient (Wildman–Crippen LogP) is 4.87. The van der Waals surface area contributed by atoms with Crippen LogP contribution in [0, 0.1) is 28.6 Å². The highest BCUT2D eigenvalue weighted by Crippen LogP contribution is 2.46. The Morgan fingerprint density at radius 1 is 1.35 bits per heavy atom. The highest BCUT2D eigenvalue weighted by atomic mass is 32.2. The highest BCUT2D eigenvalue weighted by molar-refractivity contribution is 8.00. The van der Waals surface area contributed by atoms with Crippen molar-refractivity contribution in [2.45, 2.75) is 70.8 Å². The molecule has 0 aromatic heterocycles. The first-order valence-corrected chi connectivity index (χ1v) is 7.90. The standard InChI is InChI=1S/C15H27NS/c1-6-15(4,5)13-8-7-12(10-16)14(9-13)17-11(2)3/h11-14H,6-9H2,1-5H3. The topological polar surface area (TPSA) is 23.8 Å². The molecule has 0 bridgehead atoms. The van der Waals surface area contributed by atoms with Gasteiger partial charge in [-0.2, -0.15) is 17.0 Å². The van der Waals surface area contributed by atoms with Gasteiger partial charge in [-0.05, 0) is 35.8 Å². The van der Waals surface area contributed by atoms with Crippen molar-refractivity contribution in [2.24, 2.45) is 17.3 Å². The van der Waals surface area contributed by atoms with E-state index in [-0.39, 0.29) is 5.92 Å². The fourth-order valence-corrected chi connectivity index (χ4v) is 4.20. The maximum Gasteiger partial charge on any atom is 0.0667 e. The lowest BCUT2D eigenvalue weighted by molar-refractivity contribution is 0.144. The van der Waals surface area contributed by atoms with Gasteiger partial charge >= 0.3 is 0 Å². The van der Waals surface area contributed by atoms with E-state index in [0.29, 0.717) is 15.9 Å². The molecule has 1 rings (SSSR count). The summed E-state index contributed by atoms with van der Waals surface area (Å²) in [5, 5.41) is 10.5. The fraction of sp³-hybridized carbons (Fsp3) is 0.933. The molecule has 0 N–H and O–H groups in total. The smallest absolute Gasteiger partial charge is 0.0667 e. The molecule has 1 fully saturated rings. The number of nitriles is 1. The summed E-state index contributed by atoms with van der Waals surface area (Å²) < 4.78 is 0. The van der Waals surface area contributed by atoms with Crippen molar-refractivity contribution >= 4 is 11.8 Å². The second kappa shape index (κ2) is 6.14. The number of hydrogen-bond donors (Lipinski definition) is 0. The van der Waals surface area contributed by atoms with Gasteiger partial charge in [-0.25, -0.2) is 0 Å². The third-order valence-corrected chi connectivity index (χ3v) is 5.84. The molecule has 0 saturated heterocycles. The van der Waals surface area contributed by atoms with Crippen LogP contribution in [0.1, 0.15) is 60.3 Å². The van der Waals surface area contributed by atoms with Crippen molar-refractivity contribution in [1.82, 2.24) is 0 Å². The molecule has 0 amide bonds. The van der Waals surface area contributed by atoms with E-state index in [1.807, 2.05) is 11.8 Å². The van der Waals surface area contributed by atoms with Gasteiger partial charge in [-0.3, -0.25) is 0 Å². The Morgan fingerprint density at radius 3 is 2.47 bits per heavy atom. The van der Waals surface area contributed by atoms with E-state index in [0.717, 1.165) is 12.3 Å². The van der Waals surface area contributed by atoms with Crippen molar-refractivity contribution in [3.05, 3.63) is 0 Å². The van der Waals surface area contributed by atoms with Crippen molar-refractivity contribution in [3.8, 4) is 6.07 Å². The van der Waals surface area contributed by atoms with Gasteiger partial charge in [0.1, 0.15) is 0 Å². The minimum Gasteiger partial charge on any atom is -0.198 e. The lowest BCUT2D eigenvalue weighted by Gasteiger charge is -2.41. The molecule has 0 heterocycles. The largest absolute Gasteiger partial charge is 0.198 e. The molecular formula is C15H27NS. The van der Waals surface area contributed by atoms with Gasteiger partial charge < -0.3 is 0 Å². The lowest BCUT2D eigenvalue weighted by atomic mass is 9.67. The summed E-state index contributed by atoms with van der Waals surface area (Å²) in [4.78, 5) is 0. The van der Waals surface area contributed by atoms with Crippen LogP contribution in [0.4, 0.5) is 0 Å². The van der Waals surface area contributed by atoms with Crippen LogP contribution in [-0.2, 0) is 0 Å². The van der Waals surface area contributed by atoms with E-state index >= 15 is 0 Å². The minimum absolute atomic E-state index is 0.284. The van der Waals surface area contributed by atoms with E-state index in [1.165, 1.54) is 19.3 Å². The Labute approximate surface area is 111 Å². The van der Waals surface area contributed by atoms with Crippen LogP contribution < -0.4 is 0 Å². The molecule has 0 aromatic carbocycles. The quantitative estimate of drug-likeness (QED) is 0.713. The Kier molecular flexibility index (Phi) is 5.38. The van der Waals surface area contributed by atoms with Crippen LogP contribution >= 0.6 is 11.8 Å². The minimum atomic E-state index is 0.284. The Bertz CT molecular complexity index is 277. The van der Waals surface area contributed by atoms with Gasteiger partial charge in [0.25, 0.3) is 0 Å². The molecule has 98 valence electrons. The third kappa shape index (κ3) is 3.91. The first kappa shape index (κ1) is 14.9. The van der Waals surface area contributed by atoms with Crippen LogP contribution in [0.25, 0.3) is 0 Å². The Balaban J connectivity index is 2.69. The summed E-state index contributed by atoms with van der Waals surface area (Å²) in [6.45, 7) is 11.6. The van der Waals surface area contributed by atoms with Crippen LogP contribution in [0.3, 0.4) is 0 Å². The van der Waals surface area contributed by atoms with Crippen molar-refractivity contribution in [3.63, 3.8) is 0 Å². The van der Waals surface area contributed by atoms with E-state index in [1.54, 1.807) is 0 Å². The molecule has 1 saturated carbocycles. The van der Waals surface area contributed by atoms with Crippen LogP contribution in [0.15, 0.2) is 0 Å². The average Bonchev–Trinajstić information content (AvgIpc) is 2.28. The molecule has 3 unspecified atom stereocenters. The summed E-state index contributed by atoms with van der Waals surface area (Å²) in [5.41, 5.74) is 0.441. The van der Waals surface area contributed by atoms with Crippen molar-refractivity contribution in [2.75, 3.05) is 0 Å². The summed E-state index contributed by atoms with van der Waals surface area (Å²) in [6.07, 6.45) is 4.83. The third-order valence-electron chi connectivity index (χ3n) is 4.42. The molecule has 3 atom stereocenters. The monoisotopic (exact) mass is 253 g/mol. The van der Waals surface area contributed by atoms with Gasteiger partial charge in [-0.15, -0.1) is 0 Å². The number of thioether (sulfide) groups is 1. The molecule has 2 heteroatoms. The van der Waals surface area contributed by atoms with Crippen molar-refractivity contribution in [1.29, 1.82) is 5.26 Å². The molecule has 0 spiro atoms. The molecule has 0 radical (unpaired) electrons. The number of rotatable bonds is 4. The zero-order chi connectivity index (χ0) is 13.1. The summed E-state index contributed by atoms with van der Waals surface area (Å²) in [7, 11) is 0. The first-order chi connectivity index (χ1) is 7.90. The Morgan fingerprint density at radius 2 is 2.00 bits per heavy atom. The zero-order valence-electron chi connectivity index (χ0n) is 12.0. The first-order valence-electron chi connectivity index (χ1n) is 6.95. The number of hydrogen-bond acceptors (Lipinski definition) is 2. The summed E-state index contributed by atoms with van der Waals surface area (Å²) in [6, 6.07) is 2.53. The molecular weight excluding hydrogens is 226 g/mol. The predicted molar refractivity (Wildman–Crippen MR) is 77.0 cm³/mol. The summed E-state index contributed by atoms with van der Waals surface area (Å²) >= 11 is 2.02. The van der Waals surface area contributed by atoms with Crippen LogP contribution in [-0.4, -0.2) is 10.5 Å². The molecule has 1 nitrogen and oxygen atoms in total.